The van der Waals surface area contributed by atoms with Crippen molar-refractivity contribution in [2.24, 2.45) is 0 Å². The molecule has 0 fully saturated rings. The van der Waals surface area contributed by atoms with E-state index in [9.17, 15) is 0 Å². The molecule has 1 unspecified atom stereocenters. The lowest BCUT2D eigenvalue weighted by atomic mass is 9.67. The molecule has 2 nitrogen and oxygen atoms in total. The Morgan fingerprint density at radius 3 is 1.83 bits per heavy atom. The topological polar surface area (TPSA) is 9.86 Å². The first-order valence-electron chi connectivity index (χ1n) is 22.4. The van der Waals surface area contributed by atoms with Gasteiger partial charge < -0.3 is 9.13 Å². The van der Waals surface area contributed by atoms with E-state index in [1.165, 1.54) is 105 Å². The maximum absolute atomic E-state index is 2.62. The van der Waals surface area contributed by atoms with Gasteiger partial charge in [-0.15, -0.1) is 0 Å². The highest BCUT2D eigenvalue weighted by Gasteiger charge is 2.46. The largest absolute Gasteiger partial charge is 0.313 e. The van der Waals surface area contributed by atoms with E-state index < -0.39 is 5.41 Å². The molecule has 9 aromatic carbocycles. The van der Waals surface area contributed by atoms with Gasteiger partial charge in [0, 0.05) is 32.9 Å². The minimum atomic E-state index is -0.470. The molecule has 0 radical (unpaired) electrons. The van der Waals surface area contributed by atoms with Crippen molar-refractivity contribution in [3.63, 3.8) is 0 Å². The monoisotopic (exact) mass is 804 g/mol. The summed E-state index contributed by atoms with van der Waals surface area (Å²) in [6.07, 6.45) is 5.72. The molecule has 2 heteroatoms. The lowest BCUT2D eigenvalue weighted by Gasteiger charge is -2.34. The van der Waals surface area contributed by atoms with E-state index in [-0.39, 0.29) is 0 Å². The molecule has 0 bridgehead atoms. The van der Waals surface area contributed by atoms with Gasteiger partial charge in [-0.05, 0) is 118 Å². The molecule has 0 saturated heterocycles. The first-order valence-corrected chi connectivity index (χ1v) is 22.4. The Kier molecular flexibility index (Phi) is 8.11. The van der Waals surface area contributed by atoms with Gasteiger partial charge in [0.05, 0.1) is 27.5 Å². The van der Waals surface area contributed by atoms with E-state index in [2.05, 4.69) is 234 Å². The van der Waals surface area contributed by atoms with Crippen LogP contribution in [0.15, 0.2) is 224 Å². The molecule has 11 aromatic rings. The van der Waals surface area contributed by atoms with Crippen molar-refractivity contribution in [3.05, 3.63) is 252 Å². The fraction of sp³-hybridized carbons (Fsp3) is 0.0820. The molecule has 1 atom stereocenters. The third kappa shape index (κ3) is 5.31. The molecule has 0 amide bonds. The van der Waals surface area contributed by atoms with Crippen molar-refractivity contribution in [1.82, 2.24) is 9.13 Å². The number of rotatable bonds is 6. The SMILES string of the molecule is C1=C(n2c3ccc(C4(c5ccccc5)c5ccccc5-c5ccccc54)cc3c3ccc(-c4cccc5c4c4ccccc4n5-c4ccccc4)cc32)CC(c2ccccc2)CC1. The summed E-state index contributed by atoms with van der Waals surface area (Å²) in [6.45, 7) is 0. The molecular weight excluding hydrogens is 761 g/mol. The standard InChI is InChI=1S/C61H44N2/c1-4-18-41(19-5-1)42-20-16-25-47(38-42)63-57-37-35-45(61(44-21-6-2-7-22-44)54-30-13-10-26-49(54)50-27-11-14-31-55(50)61)40-53(57)51-36-34-43(39-59(51)63)48-29-17-33-58-60(48)52-28-12-15-32-56(52)62(58)46-23-8-3-9-24-46/h1-15,17-19,21-37,39-40,42H,16,20,38H2. The zero-order valence-electron chi connectivity index (χ0n) is 35.0. The van der Waals surface area contributed by atoms with Gasteiger partial charge in [-0.25, -0.2) is 0 Å². The van der Waals surface area contributed by atoms with Crippen LogP contribution < -0.4 is 0 Å². The minimum Gasteiger partial charge on any atom is -0.313 e. The molecule has 13 rings (SSSR count). The minimum absolute atomic E-state index is 0.465. The van der Waals surface area contributed by atoms with Crippen molar-refractivity contribution in [1.29, 1.82) is 0 Å². The molecular formula is C61H44N2. The third-order valence-electron chi connectivity index (χ3n) is 14.3. The van der Waals surface area contributed by atoms with Gasteiger partial charge in [-0.1, -0.05) is 182 Å². The second-order valence-electron chi connectivity index (χ2n) is 17.5. The van der Waals surface area contributed by atoms with Gasteiger partial charge in [0.15, 0.2) is 0 Å². The molecule has 2 aliphatic rings. The van der Waals surface area contributed by atoms with Gasteiger partial charge in [-0.3, -0.25) is 0 Å². The highest BCUT2D eigenvalue weighted by Crippen LogP contribution is 2.57. The maximum atomic E-state index is 2.62. The van der Waals surface area contributed by atoms with Crippen LogP contribution in [0, 0.1) is 0 Å². The van der Waals surface area contributed by atoms with Crippen molar-refractivity contribution in [2.45, 2.75) is 30.6 Å². The van der Waals surface area contributed by atoms with E-state index >= 15 is 0 Å². The van der Waals surface area contributed by atoms with Gasteiger partial charge >= 0.3 is 0 Å². The predicted molar refractivity (Wildman–Crippen MR) is 264 cm³/mol. The second-order valence-corrected chi connectivity index (χ2v) is 17.5. The molecule has 2 aromatic heterocycles. The van der Waals surface area contributed by atoms with Crippen molar-refractivity contribution < 1.29 is 0 Å². The van der Waals surface area contributed by atoms with E-state index in [1.54, 1.807) is 0 Å². The summed E-state index contributed by atoms with van der Waals surface area (Å²) in [7, 11) is 0. The first kappa shape index (κ1) is 36.0. The Morgan fingerprint density at radius 1 is 0.413 bits per heavy atom. The molecule has 0 aliphatic heterocycles. The van der Waals surface area contributed by atoms with Crippen LogP contribution in [0.3, 0.4) is 0 Å². The Balaban J connectivity index is 1.08. The van der Waals surface area contributed by atoms with Crippen LogP contribution in [0.4, 0.5) is 0 Å². The van der Waals surface area contributed by atoms with Crippen LogP contribution in [0.25, 0.3) is 77.2 Å². The fourth-order valence-electron chi connectivity index (χ4n) is 11.6. The zero-order valence-corrected chi connectivity index (χ0v) is 35.0. The van der Waals surface area contributed by atoms with Crippen molar-refractivity contribution >= 4 is 49.3 Å². The summed E-state index contributed by atoms with van der Waals surface area (Å²) < 4.78 is 5.04. The number of para-hydroxylation sites is 2. The molecule has 298 valence electrons. The summed E-state index contributed by atoms with van der Waals surface area (Å²) in [5.74, 6) is 0.465. The Morgan fingerprint density at radius 2 is 1.05 bits per heavy atom. The Hall–Kier alpha value is -7.68. The van der Waals surface area contributed by atoms with Crippen molar-refractivity contribution in [2.75, 3.05) is 0 Å². The number of aromatic nitrogens is 2. The molecule has 2 aliphatic carbocycles. The van der Waals surface area contributed by atoms with Crippen LogP contribution in [0.5, 0.6) is 0 Å². The zero-order chi connectivity index (χ0) is 41.5. The Labute approximate surface area is 367 Å². The smallest absolute Gasteiger partial charge is 0.0713 e. The summed E-state index contributed by atoms with van der Waals surface area (Å²) in [5.41, 5.74) is 18.8. The number of allylic oxidation sites excluding steroid dienone is 2. The van der Waals surface area contributed by atoms with E-state index in [0.717, 1.165) is 19.3 Å². The number of benzene rings is 9. The predicted octanol–water partition coefficient (Wildman–Crippen LogP) is 15.7. The lowest BCUT2D eigenvalue weighted by molar-refractivity contribution is 0.615. The fourth-order valence-corrected chi connectivity index (χ4v) is 11.6. The highest BCUT2D eigenvalue weighted by atomic mass is 15.0. The van der Waals surface area contributed by atoms with Crippen LogP contribution in [0.1, 0.15) is 53.0 Å². The average molecular weight is 805 g/mol. The lowest BCUT2D eigenvalue weighted by Crippen LogP contribution is -2.28. The Bertz CT molecular complexity index is 3540. The van der Waals surface area contributed by atoms with Crippen LogP contribution in [-0.2, 0) is 5.41 Å². The van der Waals surface area contributed by atoms with E-state index in [1.807, 2.05) is 0 Å². The second kappa shape index (κ2) is 14.2. The molecule has 0 spiro atoms. The molecule has 0 saturated carbocycles. The molecule has 0 N–H and O–H groups in total. The van der Waals surface area contributed by atoms with Crippen LogP contribution >= 0.6 is 0 Å². The molecule has 63 heavy (non-hydrogen) atoms. The average Bonchev–Trinajstić information content (AvgIpc) is 3.99. The summed E-state index contributed by atoms with van der Waals surface area (Å²) in [5, 5.41) is 5.11. The van der Waals surface area contributed by atoms with Crippen LogP contribution in [-0.4, -0.2) is 9.13 Å². The third-order valence-corrected chi connectivity index (χ3v) is 14.3. The molecule has 2 heterocycles. The number of fused-ring (bicyclic) bond motifs is 9. The first-order chi connectivity index (χ1) is 31.3. The number of hydrogen-bond acceptors (Lipinski definition) is 0. The number of nitrogens with zero attached hydrogens (tertiary/aromatic N) is 2. The van der Waals surface area contributed by atoms with Gasteiger partial charge in [-0.2, -0.15) is 0 Å². The van der Waals surface area contributed by atoms with E-state index in [0.29, 0.717) is 5.92 Å². The van der Waals surface area contributed by atoms with E-state index in [4.69, 9.17) is 0 Å². The normalized spacial score (nSPS) is 15.5. The van der Waals surface area contributed by atoms with Gasteiger partial charge in [0.25, 0.3) is 0 Å². The van der Waals surface area contributed by atoms with Gasteiger partial charge in [0.1, 0.15) is 0 Å². The quantitative estimate of drug-likeness (QED) is 0.158. The summed E-state index contributed by atoms with van der Waals surface area (Å²) >= 11 is 0. The maximum Gasteiger partial charge on any atom is 0.0713 e. The highest BCUT2D eigenvalue weighted by molar-refractivity contribution is 6.17. The van der Waals surface area contributed by atoms with Gasteiger partial charge in [0.2, 0.25) is 0 Å². The number of hydrogen-bond donors (Lipinski definition) is 0. The summed E-state index contributed by atoms with van der Waals surface area (Å²) in [4.78, 5) is 0. The summed E-state index contributed by atoms with van der Waals surface area (Å²) in [6, 6.07) is 81.6. The van der Waals surface area contributed by atoms with Crippen molar-refractivity contribution in [3.8, 4) is 27.9 Å². The van der Waals surface area contributed by atoms with Crippen LogP contribution in [0.2, 0.25) is 0 Å².